The zero-order valence-electron chi connectivity index (χ0n) is 17.6. The first-order valence-electron chi connectivity index (χ1n) is 10.1. The fourth-order valence-electron chi connectivity index (χ4n) is 3.43. The Morgan fingerprint density at radius 2 is 1.93 bits per heavy atom. The van der Waals surface area contributed by atoms with Gasteiger partial charge in [-0.15, -0.1) is 0 Å². The SMILES string of the molecule is CC(CCNCC1(S(=O)(=O)C(C)(C)[C@H](O)CN)CC1)NCc1ccc(C#N)cc1. The molecule has 0 heterocycles. The second-order valence-corrected chi connectivity index (χ2v) is 11.5. The van der Waals surface area contributed by atoms with E-state index in [0.29, 0.717) is 31.5 Å². The van der Waals surface area contributed by atoms with Crippen LogP contribution in [-0.2, 0) is 16.4 Å². The molecule has 8 heteroatoms. The van der Waals surface area contributed by atoms with Crippen molar-refractivity contribution in [3.8, 4) is 6.07 Å². The molecule has 0 aliphatic heterocycles. The lowest BCUT2D eigenvalue weighted by Crippen LogP contribution is -2.54. The Labute approximate surface area is 174 Å². The fourth-order valence-corrected chi connectivity index (χ4v) is 5.93. The van der Waals surface area contributed by atoms with Crippen molar-refractivity contribution in [2.24, 2.45) is 5.73 Å². The van der Waals surface area contributed by atoms with Crippen LogP contribution in [0.4, 0.5) is 0 Å². The van der Waals surface area contributed by atoms with Gasteiger partial charge in [0.15, 0.2) is 9.84 Å². The molecule has 29 heavy (non-hydrogen) atoms. The van der Waals surface area contributed by atoms with E-state index in [9.17, 15) is 13.5 Å². The molecule has 2 atom stereocenters. The largest absolute Gasteiger partial charge is 0.390 e. The summed E-state index contributed by atoms with van der Waals surface area (Å²) in [6.45, 7) is 6.98. The summed E-state index contributed by atoms with van der Waals surface area (Å²) in [6.07, 6.45) is 1.03. The Bertz CT molecular complexity index is 811. The summed E-state index contributed by atoms with van der Waals surface area (Å²) in [5, 5.41) is 25.7. The number of nitrogens with zero attached hydrogens (tertiary/aromatic N) is 1. The zero-order valence-corrected chi connectivity index (χ0v) is 18.4. The summed E-state index contributed by atoms with van der Waals surface area (Å²) < 4.78 is 24.1. The predicted octanol–water partition coefficient (Wildman–Crippen LogP) is 1.06. The van der Waals surface area contributed by atoms with E-state index in [1.165, 1.54) is 0 Å². The molecule has 0 aromatic heterocycles. The molecule has 1 unspecified atom stereocenters. The van der Waals surface area contributed by atoms with Crippen molar-refractivity contribution in [3.63, 3.8) is 0 Å². The summed E-state index contributed by atoms with van der Waals surface area (Å²) in [6, 6.07) is 9.87. The van der Waals surface area contributed by atoms with Crippen molar-refractivity contribution in [2.45, 2.75) is 68.2 Å². The van der Waals surface area contributed by atoms with Gasteiger partial charge in [-0.25, -0.2) is 8.42 Å². The van der Waals surface area contributed by atoms with Crippen molar-refractivity contribution in [2.75, 3.05) is 19.6 Å². The third-order valence-corrected chi connectivity index (χ3v) is 9.39. The number of hydrogen-bond acceptors (Lipinski definition) is 7. The number of nitrogens with one attached hydrogen (secondary N) is 2. The number of nitrogens with two attached hydrogens (primary N) is 1. The molecule has 0 bridgehead atoms. The van der Waals surface area contributed by atoms with Gasteiger partial charge in [0.2, 0.25) is 0 Å². The second kappa shape index (κ2) is 9.54. The fraction of sp³-hybridized carbons (Fsp3) is 0.667. The molecule has 5 N–H and O–H groups in total. The second-order valence-electron chi connectivity index (χ2n) is 8.60. The average Bonchev–Trinajstić information content (AvgIpc) is 3.50. The molecule has 1 saturated carbocycles. The molecule has 0 saturated heterocycles. The molecule has 1 aliphatic carbocycles. The molecule has 1 aliphatic rings. The first-order valence-corrected chi connectivity index (χ1v) is 11.6. The maximum Gasteiger partial charge on any atom is 0.164 e. The molecular formula is C21H34N4O3S. The van der Waals surface area contributed by atoms with Gasteiger partial charge < -0.3 is 21.5 Å². The predicted molar refractivity (Wildman–Crippen MR) is 115 cm³/mol. The van der Waals surface area contributed by atoms with E-state index in [1.54, 1.807) is 13.8 Å². The van der Waals surface area contributed by atoms with Gasteiger partial charge >= 0.3 is 0 Å². The van der Waals surface area contributed by atoms with Crippen LogP contribution in [0.15, 0.2) is 24.3 Å². The maximum absolute atomic E-state index is 13.1. The lowest BCUT2D eigenvalue weighted by molar-refractivity contribution is 0.144. The highest BCUT2D eigenvalue weighted by Gasteiger charge is 2.60. The third-order valence-electron chi connectivity index (χ3n) is 6.04. The number of aliphatic hydroxyl groups is 1. The monoisotopic (exact) mass is 422 g/mol. The van der Waals surface area contributed by atoms with Crippen LogP contribution in [0.3, 0.4) is 0 Å². The van der Waals surface area contributed by atoms with Crippen LogP contribution >= 0.6 is 0 Å². The van der Waals surface area contributed by atoms with Gasteiger partial charge in [0.25, 0.3) is 0 Å². The van der Waals surface area contributed by atoms with Gasteiger partial charge in [-0.1, -0.05) is 12.1 Å². The number of rotatable bonds is 12. The Morgan fingerprint density at radius 3 is 2.45 bits per heavy atom. The lowest BCUT2D eigenvalue weighted by Gasteiger charge is -2.34. The van der Waals surface area contributed by atoms with Crippen molar-refractivity contribution < 1.29 is 13.5 Å². The first-order chi connectivity index (χ1) is 13.6. The molecule has 0 radical (unpaired) electrons. The first kappa shape index (κ1) is 23.8. The van der Waals surface area contributed by atoms with Crippen LogP contribution in [0.1, 0.15) is 51.2 Å². The Balaban J connectivity index is 1.77. The highest BCUT2D eigenvalue weighted by Crippen LogP contribution is 2.48. The topological polar surface area (TPSA) is 128 Å². The van der Waals surface area contributed by atoms with E-state index in [4.69, 9.17) is 11.0 Å². The molecule has 1 fully saturated rings. The summed E-state index contributed by atoms with van der Waals surface area (Å²) in [4.78, 5) is 0. The number of benzene rings is 1. The molecule has 2 rings (SSSR count). The van der Waals surface area contributed by atoms with Gasteiger partial charge in [0.05, 0.1) is 27.2 Å². The minimum Gasteiger partial charge on any atom is -0.390 e. The van der Waals surface area contributed by atoms with Gasteiger partial charge in [0, 0.05) is 25.7 Å². The van der Waals surface area contributed by atoms with Crippen LogP contribution in [0.2, 0.25) is 0 Å². The quantitative estimate of drug-likeness (QED) is 0.371. The third kappa shape index (κ3) is 5.36. The highest BCUT2D eigenvalue weighted by atomic mass is 32.2. The van der Waals surface area contributed by atoms with E-state index in [-0.39, 0.29) is 12.6 Å². The lowest BCUT2D eigenvalue weighted by atomic mass is 10.1. The van der Waals surface area contributed by atoms with Crippen molar-refractivity contribution in [1.29, 1.82) is 5.26 Å². The van der Waals surface area contributed by atoms with Gasteiger partial charge in [-0.3, -0.25) is 0 Å². The highest BCUT2D eigenvalue weighted by molar-refractivity contribution is 7.94. The van der Waals surface area contributed by atoms with E-state index < -0.39 is 25.4 Å². The van der Waals surface area contributed by atoms with E-state index in [2.05, 4.69) is 23.6 Å². The number of sulfone groups is 1. The minimum absolute atomic E-state index is 0.0713. The zero-order chi connectivity index (χ0) is 21.7. The molecular weight excluding hydrogens is 388 g/mol. The number of aliphatic hydroxyl groups excluding tert-OH is 1. The van der Waals surface area contributed by atoms with Crippen LogP contribution in [-0.4, -0.2) is 54.8 Å². The van der Waals surface area contributed by atoms with E-state index >= 15 is 0 Å². The number of nitriles is 1. The molecule has 0 spiro atoms. The van der Waals surface area contributed by atoms with Crippen LogP contribution in [0, 0.1) is 11.3 Å². The van der Waals surface area contributed by atoms with Crippen LogP contribution in [0.25, 0.3) is 0 Å². The van der Waals surface area contributed by atoms with Crippen LogP contribution in [0.5, 0.6) is 0 Å². The summed E-state index contributed by atoms with van der Waals surface area (Å²) in [5.74, 6) is 0. The Hall–Kier alpha value is -1.50. The summed E-state index contributed by atoms with van der Waals surface area (Å²) in [5.41, 5.74) is 7.28. The van der Waals surface area contributed by atoms with E-state index in [0.717, 1.165) is 18.5 Å². The standard InChI is InChI=1S/C21H34N4O3S/c1-16(25-14-18-6-4-17(12-22)5-7-18)8-11-24-15-21(9-10-21)29(27,28)20(2,3)19(26)13-23/h4-7,16,19,24-26H,8-11,13-15,23H2,1-3H3/t16?,19-/m1/s1. The molecule has 1 aromatic carbocycles. The van der Waals surface area contributed by atoms with Crippen molar-refractivity contribution >= 4 is 9.84 Å². The van der Waals surface area contributed by atoms with Gasteiger partial charge in [-0.05, 0) is 64.3 Å². The van der Waals surface area contributed by atoms with E-state index in [1.807, 2.05) is 24.3 Å². The molecule has 7 nitrogen and oxygen atoms in total. The minimum atomic E-state index is -3.52. The van der Waals surface area contributed by atoms with Crippen molar-refractivity contribution in [1.82, 2.24) is 10.6 Å². The van der Waals surface area contributed by atoms with Crippen LogP contribution < -0.4 is 16.4 Å². The Morgan fingerprint density at radius 1 is 1.31 bits per heavy atom. The van der Waals surface area contributed by atoms with Crippen molar-refractivity contribution in [3.05, 3.63) is 35.4 Å². The number of hydrogen-bond donors (Lipinski definition) is 4. The van der Waals surface area contributed by atoms with Gasteiger partial charge in [-0.2, -0.15) is 5.26 Å². The molecule has 0 amide bonds. The normalized spacial score (nSPS) is 18.1. The van der Waals surface area contributed by atoms with Gasteiger partial charge in [0.1, 0.15) is 0 Å². The molecule has 162 valence electrons. The summed E-state index contributed by atoms with van der Waals surface area (Å²) in [7, 11) is -3.52. The Kier molecular flexibility index (Phi) is 7.82. The summed E-state index contributed by atoms with van der Waals surface area (Å²) >= 11 is 0. The maximum atomic E-state index is 13.1. The smallest absolute Gasteiger partial charge is 0.164 e. The average molecular weight is 423 g/mol. The molecule has 1 aromatic rings.